The van der Waals surface area contributed by atoms with Crippen LogP contribution in [0, 0.1) is 0 Å². The number of nitrogens with one attached hydrogen (secondary N) is 2. The average molecular weight is 358 g/mol. The summed E-state index contributed by atoms with van der Waals surface area (Å²) >= 11 is 0. The molecule has 0 aliphatic carbocycles. The van der Waals surface area contributed by atoms with E-state index in [4.69, 9.17) is 0 Å². The van der Waals surface area contributed by atoms with E-state index in [2.05, 4.69) is 9.44 Å². The third-order valence-corrected chi connectivity index (χ3v) is 5.21. The number of anilines is 1. The maximum absolute atomic E-state index is 12.2. The van der Waals surface area contributed by atoms with Crippen LogP contribution >= 0.6 is 0 Å². The van der Waals surface area contributed by atoms with Crippen molar-refractivity contribution in [2.75, 3.05) is 17.5 Å². The van der Waals surface area contributed by atoms with E-state index >= 15 is 0 Å². The van der Waals surface area contributed by atoms with Gasteiger partial charge in [0.05, 0.1) is 11.9 Å². The molecule has 0 saturated heterocycles. The third-order valence-electron chi connectivity index (χ3n) is 3.12. The highest BCUT2D eigenvalue weighted by Crippen LogP contribution is 2.35. The first kappa shape index (κ1) is 17.5. The number of hydrogen-bond donors (Lipinski definition) is 3. The van der Waals surface area contributed by atoms with Crippen molar-refractivity contribution in [2.24, 2.45) is 0 Å². The molecule has 126 valence electrons. The monoisotopic (exact) mass is 358 g/mol. The van der Waals surface area contributed by atoms with Crippen molar-refractivity contribution < 1.29 is 21.9 Å². The summed E-state index contributed by atoms with van der Waals surface area (Å²) in [5.41, 5.74) is 0.269. The molecule has 0 bridgehead atoms. The highest BCUT2D eigenvalue weighted by atomic mass is 32.2. The van der Waals surface area contributed by atoms with E-state index in [9.17, 15) is 21.9 Å². The molecule has 0 spiro atoms. The maximum Gasteiger partial charge on any atom is 0.244 e. The molecule has 23 heavy (non-hydrogen) atoms. The molecular weight excluding hydrogens is 340 g/mol. The Morgan fingerprint density at radius 1 is 1.04 bits per heavy atom. The molecule has 0 aromatic heterocycles. The zero-order chi connectivity index (χ0) is 17.3. The molecule has 0 saturated carbocycles. The fourth-order valence-corrected chi connectivity index (χ4v) is 3.96. The molecule has 7 nitrogen and oxygen atoms in total. The summed E-state index contributed by atoms with van der Waals surface area (Å²) in [6, 6.07) is 7.31. The normalized spacial score (nSPS) is 12.4. The molecule has 0 fully saturated rings. The van der Waals surface area contributed by atoms with Gasteiger partial charge in [-0.05, 0) is 18.6 Å². The highest BCUT2D eigenvalue weighted by molar-refractivity contribution is 7.92. The summed E-state index contributed by atoms with van der Waals surface area (Å²) in [4.78, 5) is -0.241. The van der Waals surface area contributed by atoms with E-state index in [0.29, 0.717) is 11.8 Å². The van der Waals surface area contributed by atoms with Crippen molar-refractivity contribution in [3.8, 4) is 5.75 Å². The summed E-state index contributed by atoms with van der Waals surface area (Å²) < 4.78 is 51.9. The minimum atomic E-state index is -3.83. The van der Waals surface area contributed by atoms with Crippen molar-refractivity contribution >= 4 is 36.5 Å². The number of benzene rings is 2. The van der Waals surface area contributed by atoms with Crippen LogP contribution in [0.1, 0.15) is 13.3 Å². The van der Waals surface area contributed by atoms with E-state index in [1.165, 1.54) is 30.3 Å². The van der Waals surface area contributed by atoms with Crippen LogP contribution in [0.5, 0.6) is 5.75 Å². The number of sulfonamides is 2. The predicted octanol–water partition coefficient (Wildman–Crippen LogP) is 1.61. The topological polar surface area (TPSA) is 113 Å². The van der Waals surface area contributed by atoms with Crippen LogP contribution < -0.4 is 9.44 Å². The Morgan fingerprint density at radius 3 is 2.35 bits per heavy atom. The second kappa shape index (κ2) is 6.34. The van der Waals surface area contributed by atoms with Gasteiger partial charge in [0.25, 0.3) is 0 Å². The van der Waals surface area contributed by atoms with Gasteiger partial charge in [0, 0.05) is 17.3 Å². The Bertz CT molecular complexity index is 937. The van der Waals surface area contributed by atoms with Crippen LogP contribution in [0.25, 0.3) is 10.8 Å². The first-order chi connectivity index (χ1) is 10.7. The van der Waals surface area contributed by atoms with Crippen molar-refractivity contribution in [3.05, 3.63) is 30.3 Å². The third kappa shape index (κ3) is 3.92. The largest absolute Gasteiger partial charge is 0.506 e. The lowest BCUT2D eigenvalue weighted by atomic mass is 10.1. The molecule has 0 radical (unpaired) electrons. The van der Waals surface area contributed by atoms with Gasteiger partial charge >= 0.3 is 0 Å². The Hall–Kier alpha value is -1.84. The number of rotatable bonds is 6. The van der Waals surface area contributed by atoms with Gasteiger partial charge in [0.2, 0.25) is 20.0 Å². The fourth-order valence-electron chi connectivity index (χ4n) is 2.14. The van der Waals surface area contributed by atoms with Gasteiger partial charge in [0.15, 0.2) is 0 Å². The van der Waals surface area contributed by atoms with Gasteiger partial charge in [-0.15, -0.1) is 0 Å². The SMILES string of the molecule is CCCNS(=O)(=O)c1ccc2c(NS(C)(=O)=O)cccc2c1O. The van der Waals surface area contributed by atoms with E-state index in [0.717, 1.165) is 6.26 Å². The molecule has 0 unspecified atom stereocenters. The fraction of sp³-hybridized carbons (Fsp3) is 0.286. The molecule has 3 N–H and O–H groups in total. The Balaban J connectivity index is 2.61. The summed E-state index contributed by atoms with van der Waals surface area (Å²) in [6.07, 6.45) is 1.63. The average Bonchev–Trinajstić information content (AvgIpc) is 2.44. The Kier molecular flexibility index (Phi) is 4.83. The van der Waals surface area contributed by atoms with E-state index < -0.39 is 25.8 Å². The second-order valence-electron chi connectivity index (χ2n) is 5.09. The lowest BCUT2D eigenvalue weighted by Gasteiger charge is -2.12. The lowest BCUT2D eigenvalue weighted by molar-refractivity contribution is 0.464. The zero-order valence-corrected chi connectivity index (χ0v) is 14.3. The molecular formula is C14H18N2O5S2. The van der Waals surface area contributed by atoms with Crippen molar-refractivity contribution in [2.45, 2.75) is 18.2 Å². The quantitative estimate of drug-likeness (QED) is 0.726. The van der Waals surface area contributed by atoms with Crippen LogP contribution in [0.4, 0.5) is 5.69 Å². The van der Waals surface area contributed by atoms with E-state index in [1.807, 2.05) is 6.92 Å². The molecule has 2 aromatic rings. The first-order valence-electron chi connectivity index (χ1n) is 6.88. The van der Waals surface area contributed by atoms with Crippen molar-refractivity contribution in [1.29, 1.82) is 0 Å². The standard InChI is InChI=1S/C14H18N2O5S2/c1-3-9-15-23(20,21)13-8-7-10-11(14(13)17)5-4-6-12(10)16-22(2,18)19/h4-8,15-17H,3,9H2,1-2H3. The number of phenolic OH excluding ortho intramolecular Hbond substituents is 1. The second-order valence-corrected chi connectivity index (χ2v) is 8.57. The smallest absolute Gasteiger partial charge is 0.244 e. The number of hydrogen-bond acceptors (Lipinski definition) is 5. The van der Waals surface area contributed by atoms with Gasteiger partial charge in [0.1, 0.15) is 10.6 Å². The van der Waals surface area contributed by atoms with Crippen molar-refractivity contribution in [1.82, 2.24) is 4.72 Å². The number of aromatic hydroxyl groups is 1. The van der Waals surface area contributed by atoms with Crippen LogP contribution in [-0.2, 0) is 20.0 Å². The van der Waals surface area contributed by atoms with Crippen LogP contribution in [0.15, 0.2) is 35.2 Å². The number of fused-ring (bicyclic) bond motifs is 1. The Labute approximate surface area is 135 Å². The summed E-state index contributed by atoms with van der Waals surface area (Å²) in [5.74, 6) is -0.414. The first-order valence-corrected chi connectivity index (χ1v) is 10.3. The minimum absolute atomic E-state index is 0.241. The van der Waals surface area contributed by atoms with Gasteiger partial charge < -0.3 is 5.11 Å². The number of phenols is 1. The maximum atomic E-state index is 12.2. The van der Waals surface area contributed by atoms with E-state index in [-0.39, 0.29) is 22.5 Å². The van der Waals surface area contributed by atoms with E-state index in [1.54, 1.807) is 0 Å². The highest BCUT2D eigenvalue weighted by Gasteiger charge is 2.20. The summed E-state index contributed by atoms with van der Waals surface area (Å²) in [7, 11) is -7.33. The molecule has 0 heterocycles. The predicted molar refractivity (Wildman–Crippen MR) is 89.6 cm³/mol. The van der Waals surface area contributed by atoms with Gasteiger partial charge in [-0.25, -0.2) is 21.6 Å². The van der Waals surface area contributed by atoms with Crippen LogP contribution in [0.2, 0.25) is 0 Å². The summed E-state index contributed by atoms with van der Waals surface area (Å²) in [6.45, 7) is 2.08. The van der Waals surface area contributed by atoms with Crippen LogP contribution in [-0.4, -0.2) is 34.7 Å². The Morgan fingerprint density at radius 2 is 1.74 bits per heavy atom. The molecule has 2 aromatic carbocycles. The van der Waals surface area contributed by atoms with Crippen LogP contribution in [0.3, 0.4) is 0 Å². The molecule has 0 amide bonds. The summed E-state index contributed by atoms with van der Waals surface area (Å²) in [5, 5.41) is 11.0. The molecule has 9 heteroatoms. The van der Waals surface area contributed by atoms with Crippen molar-refractivity contribution in [3.63, 3.8) is 0 Å². The molecule has 2 rings (SSSR count). The zero-order valence-electron chi connectivity index (χ0n) is 12.7. The molecule has 0 aliphatic rings. The molecule has 0 aliphatic heterocycles. The van der Waals surface area contributed by atoms with Gasteiger partial charge in [-0.3, -0.25) is 4.72 Å². The minimum Gasteiger partial charge on any atom is -0.506 e. The molecule has 0 atom stereocenters. The lowest BCUT2D eigenvalue weighted by Crippen LogP contribution is -2.24. The van der Waals surface area contributed by atoms with Gasteiger partial charge in [-0.1, -0.05) is 25.1 Å². The van der Waals surface area contributed by atoms with Gasteiger partial charge in [-0.2, -0.15) is 0 Å².